The molecule has 0 saturated heterocycles. The third kappa shape index (κ3) is 3.05. The second kappa shape index (κ2) is 5.29. The highest BCUT2D eigenvalue weighted by atomic mass is 79.9. The fourth-order valence-corrected chi connectivity index (χ4v) is 1.69. The number of pyridine rings is 1. The SMILES string of the molecule is Cc1cc(Oc2cncc(CN)c2)ccc1Br. The third-order valence-electron chi connectivity index (χ3n) is 2.37. The van der Waals surface area contributed by atoms with Gasteiger partial charge < -0.3 is 10.5 Å². The summed E-state index contributed by atoms with van der Waals surface area (Å²) in [5, 5.41) is 0. The molecule has 0 spiro atoms. The van der Waals surface area contributed by atoms with Gasteiger partial charge >= 0.3 is 0 Å². The van der Waals surface area contributed by atoms with Crippen LogP contribution in [0.25, 0.3) is 0 Å². The summed E-state index contributed by atoms with van der Waals surface area (Å²) in [6, 6.07) is 7.74. The molecule has 3 nitrogen and oxygen atoms in total. The number of nitrogens with two attached hydrogens (primary N) is 1. The van der Waals surface area contributed by atoms with E-state index in [-0.39, 0.29) is 0 Å². The van der Waals surface area contributed by atoms with Gasteiger partial charge in [-0.1, -0.05) is 15.9 Å². The van der Waals surface area contributed by atoms with Gasteiger partial charge in [-0.3, -0.25) is 4.98 Å². The summed E-state index contributed by atoms with van der Waals surface area (Å²) < 4.78 is 6.79. The summed E-state index contributed by atoms with van der Waals surface area (Å²) in [5.74, 6) is 1.50. The van der Waals surface area contributed by atoms with Crippen molar-refractivity contribution in [3.63, 3.8) is 0 Å². The zero-order chi connectivity index (χ0) is 12.3. The second-order valence-electron chi connectivity index (χ2n) is 3.75. The lowest BCUT2D eigenvalue weighted by Crippen LogP contribution is -1.97. The summed E-state index contributed by atoms with van der Waals surface area (Å²) in [7, 11) is 0. The second-order valence-corrected chi connectivity index (χ2v) is 4.60. The van der Waals surface area contributed by atoms with Gasteiger partial charge in [0.2, 0.25) is 0 Å². The van der Waals surface area contributed by atoms with Crippen LogP contribution in [0.4, 0.5) is 0 Å². The lowest BCUT2D eigenvalue weighted by Gasteiger charge is -2.07. The molecule has 1 heterocycles. The van der Waals surface area contributed by atoms with Gasteiger partial charge in [-0.05, 0) is 42.3 Å². The van der Waals surface area contributed by atoms with E-state index in [4.69, 9.17) is 10.5 Å². The minimum atomic E-state index is 0.462. The van der Waals surface area contributed by atoms with Crippen LogP contribution >= 0.6 is 15.9 Å². The normalized spacial score (nSPS) is 10.3. The highest BCUT2D eigenvalue weighted by molar-refractivity contribution is 9.10. The molecule has 88 valence electrons. The van der Waals surface area contributed by atoms with Gasteiger partial charge in [0.1, 0.15) is 11.5 Å². The molecule has 2 aromatic rings. The first-order chi connectivity index (χ1) is 8.19. The van der Waals surface area contributed by atoms with Crippen molar-refractivity contribution in [1.82, 2.24) is 4.98 Å². The number of nitrogens with zero attached hydrogens (tertiary/aromatic N) is 1. The standard InChI is InChI=1S/C13H13BrN2O/c1-9-4-11(2-3-13(9)14)17-12-5-10(6-15)7-16-8-12/h2-5,7-8H,6,15H2,1H3. The van der Waals surface area contributed by atoms with Crippen LogP contribution in [0.1, 0.15) is 11.1 Å². The highest BCUT2D eigenvalue weighted by Gasteiger charge is 2.01. The molecule has 0 radical (unpaired) electrons. The Morgan fingerprint density at radius 1 is 1.24 bits per heavy atom. The Balaban J connectivity index is 2.22. The monoisotopic (exact) mass is 292 g/mol. The van der Waals surface area contributed by atoms with Crippen LogP contribution in [0.3, 0.4) is 0 Å². The molecular weight excluding hydrogens is 280 g/mol. The molecule has 0 bridgehead atoms. The van der Waals surface area contributed by atoms with Gasteiger partial charge in [0.15, 0.2) is 0 Å². The van der Waals surface area contributed by atoms with Crippen LogP contribution in [0.2, 0.25) is 0 Å². The number of rotatable bonds is 3. The third-order valence-corrected chi connectivity index (χ3v) is 3.26. The average molecular weight is 293 g/mol. The Bertz CT molecular complexity index is 529. The van der Waals surface area contributed by atoms with E-state index < -0.39 is 0 Å². The number of hydrogen-bond donors (Lipinski definition) is 1. The Morgan fingerprint density at radius 2 is 2.06 bits per heavy atom. The van der Waals surface area contributed by atoms with E-state index in [0.29, 0.717) is 12.3 Å². The van der Waals surface area contributed by atoms with Crippen molar-refractivity contribution in [3.05, 3.63) is 52.3 Å². The Labute approximate surface area is 109 Å². The lowest BCUT2D eigenvalue weighted by atomic mass is 10.2. The van der Waals surface area contributed by atoms with E-state index in [2.05, 4.69) is 20.9 Å². The van der Waals surface area contributed by atoms with Crippen molar-refractivity contribution in [2.45, 2.75) is 13.5 Å². The van der Waals surface area contributed by atoms with Gasteiger partial charge in [0.25, 0.3) is 0 Å². The number of benzene rings is 1. The Morgan fingerprint density at radius 3 is 2.76 bits per heavy atom. The van der Waals surface area contributed by atoms with E-state index >= 15 is 0 Å². The van der Waals surface area contributed by atoms with E-state index in [1.54, 1.807) is 12.4 Å². The zero-order valence-electron chi connectivity index (χ0n) is 9.48. The van der Waals surface area contributed by atoms with E-state index in [1.165, 1.54) is 0 Å². The smallest absolute Gasteiger partial charge is 0.146 e. The van der Waals surface area contributed by atoms with Crippen LogP contribution in [-0.2, 0) is 6.54 Å². The predicted octanol–water partition coefficient (Wildman–Crippen LogP) is 3.40. The minimum Gasteiger partial charge on any atom is -0.456 e. The van der Waals surface area contributed by atoms with Crippen molar-refractivity contribution in [1.29, 1.82) is 0 Å². The summed E-state index contributed by atoms with van der Waals surface area (Å²) in [5.41, 5.74) is 7.64. The summed E-state index contributed by atoms with van der Waals surface area (Å²) in [6.07, 6.45) is 3.41. The van der Waals surface area contributed by atoms with E-state index in [9.17, 15) is 0 Å². The Kier molecular flexibility index (Phi) is 3.76. The minimum absolute atomic E-state index is 0.462. The summed E-state index contributed by atoms with van der Waals surface area (Å²) in [6.45, 7) is 2.48. The fraction of sp³-hybridized carbons (Fsp3) is 0.154. The zero-order valence-corrected chi connectivity index (χ0v) is 11.1. The first-order valence-electron chi connectivity index (χ1n) is 5.27. The van der Waals surface area contributed by atoms with Gasteiger partial charge in [-0.15, -0.1) is 0 Å². The number of aromatic nitrogens is 1. The lowest BCUT2D eigenvalue weighted by molar-refractivity contribution is 0.479. The molecule has 0 aliphatic heterocycles. The van der Waals surface area contributed by atoms with Crippen LogP contribution in [0.5, 0.6) is 11.5 Å². The molecule has 0 unspecified atom stereocenters. The molecule has 2 rings (SSSR count). The molecule has 4 heteroatoms. The molecule has 2 N–H and O–H groups in total. The van der Waals surface area contributed by atoms with Crippen molar-refractivity contribution in [3.8, 4) is 11.5 Å². The molecule has 0 fully saturated rings. The Hall–Kier alpha value is -1.39. The largest absolute Gasteiger partial charge is 0.456 e. The molecular formula is C13H13BrN2O. The summed E-state index contributed by atoms with van der Waals surface area (Å²) in [4.78, 5) is 4.08. The molecule has 0 aliphatic rings. The topological polar surface area (TPSA) is 48.1 Å². The van der Waals surface area contributed by atoms with Crippen LogP contribution in [0.15, 0.2) is 41.1 Å². The number of hydrogen-bond acceptors (Lipinski definition) is 3. The first kappa shape index (κ1) is 12.1. The van der Waals surface area contributed by atoms with Gasteiger partial charge in [-0.2, -0.15) is 0 Å². The van der Waals surface area contributed by atoms with E-state index in [0.717, 1.165) is 21.3 Å². The average Bonchev–Trinajstić information content (AvgIpc) is 2.34. The maximum Gasteiger partial charge on any atom is 0.146 e. The number of ether oxygens (including phenoxy) is 1. The van der Waals surface area contributed by atoms with Crippen LogP contribution in [0, 0.1) is 6.92 Å². The van der Waals surface area contributed by atoms with Crippen LogP contribution in [-0.4, -0.2) is 4.98 Å². The van der Waals surface area contributed by atoms with Crippen molar-refractivity contribution < 1.29 is 4.74 Å². The molecule has 0 amide bonds. The van der Waals surface area contributed by atoms with Crippen molar-refractivity contribution in [2.75, 3.05) is 0 Å². The summed E-state index contributed by atoms with van der Waals surface area (Å²) >= 11 is 3.45. The highest BCUT2D eigenvalue weighted by Crippen LogP contribution is 2.26. The molecule has 0 aliphatic carbocycles. The van der Waals surface area contributed by atoms with Crippen LogP contribution < -0.4 is 10.5 Å². The van der Waals surface area contributed by atoms with Crippen molar-refractivity contribution >= 4 is 15.9 Å². The van der Waals surface area contributed by atoms with Gasteiger partial charge in [0, 0.05) is 17.2 Å². The van der Waals surface area contributed by atoms with Gasteiger partial charge in [-0.25, -0.2) is 0 Å². The maximum absolute atomic E-state index is 5.72. The molecule has 1 aromatic carbocycles. The van der Waals surface area contributed by atoms with E-state index in [1.807, 2.05) is 31.2 Å². The maximum atomic E-state index is 5.72. The number of halogens is 1. The van der Waals surface area contributed by atoms with Crippen molar-refractivity contribution in [2.24, 2.45) is 5.73 Å². The molecule has 0 atom stereocenters. The first-order valence-corrected chi connectivity index (χ1v) is 6.06. The number of aryl methyl sites for hydroxylation is 1. The molecule has 17 heavy (non-hydrogen) atoms. The molecule has 1 aromatic heterocycles. The van der Waals surface area contributed by atoms with Gasteiger partial charge in [0.05, 0.1) is 6.20 Å². The fourth-order valence-electron chi connectivity index (χ4n) is 1.45. The predicted molar refractivity (Wildman–Crippen MR) is 71.1 cm³/mol. The quantitative estimate of drug-likeness (QED) is 0.943. The molecule has 0 saturated carbocycles.